The Morgan fingerprint density at radius 1 is 0.544 bits per heavy atom. The molecule has 0 aromatic heterocycles. The van der Waals surface area contributed by atoms with Crippen LogP contribution >= 0.6 is 0 Å². The van der Waals surface area contributed by atoms with Crippen molar-refractivity contribution in [2.75, 3.05) is 7.05 Å². The van der Waals surface area contributed by atoms with Crippen LogP contribution in [0.15, 0.2) is 163 Å². The molecule has 0 heterocycles. The number of alkyl halides is 6. The molecule has 0 bridgehead atoms. The first-order chi connectivity index (χ1) is 27.2. The van der Waals surface area contributed by atoms with Crippen molar-refractivity contribution >= 4 is 38.4 Å². The summed E-state index contributed by atoms with van der Waals surface area (Å²) in [5, 5.41) is 2.13. The minimum absolute atomic E-state index is 0.442. The first-order valence-electron chi connectivity index (χ1n) is 18.5. The van der Waals surface area contributed by atoms with E-state index in [4.69, 9.17) is 4.99 Å². The van der Waals surface area contributed by atoms with Crippen molar-refractivity contribution in [3.8, 4) is 0 Å². The van der Waals surface area contributed by atoms with E-state index in [0.717, 1.165) is 58.5 Å². The summed E-state index contributed by atoms with van der Waals surface area (Å²) in [4.78, 5) is 4.77. The van der Waals surface area contributed by atoms with Crippen molar-refractivity contribution in [2.45, 2.75) is 38.5 Å². The highest BCUT2D eigenvalue weighted by molar-refractivity contribution is 6.13. The Morgan fingerprint density at radius 2 is 0.965 bits per heavy atom. The van der Waals surface area contributed by atoms with E-state index in [-0.39, 0.29) is 0 Å². The Hall–Kier alpha value is -6.21. The summed E-state index contributed by atoms with van der Waals surface area (Å²) in [5.41, 5.74) is 8.82. The van der Waals surface area contributed by atoms with Crippen molar-refractivity contribution in [1.29, 1.82) is 0 Å². The van der Waals surface area contributed by atoms with E-state index >= 15 is 0 Å². The number of hydrogen-bond donors (Lipinski definition) is 0. The smallest absolute Gasteiger partial charge is 0.291 e. The molecule has 57 heavy (non-hydrogen) atoms. The van der Waals surface area contributed by atoms with E-state index in [1.165, 1.54) is 23.3 Å². The molecule has 0 radical (unpaired) electrons. The summed E-state index contributed by atoms with van der Waals surface area (Å²) in [6.45, 7) is 8.67. The summed E-state index contributed by atoms with van der Waals surface area (Å²) < 4.78 is 81.2. The number of hydrogen-bond acceptors (Lipinski definition) is 1. The number of nitrogens with zero attached hydrogens (tertiary/aromatic N) is 1. The van der Waals surface area contributed by atoms with Gasteiger partial charge in [-0.3, -0.25) is 4.99 Å². The predicted octanol–water partition coefficient (Wildman–Crippen LogP) is 14.2. The van der Waals surface area contributed by atoms with Crippen molar-refractivity contribution in [1.82, 2.24) is 0 Å². The number of halogens is 6. The maximum Gasteiger partial charge on any atom is 0.416 e. The summed E-state index contributed by atoms with van der Waals surface area (Å²) in [7, 11) is 1.67. The topological polar surface area (TPSA) is 12.4 Å². The Labute approximate surface area is 328 Å². The Kier molecular flexibility index (Phi) is 10.8. The second-order valence-corrected chi connectivity index (χ2v) is 14.4. The largest absolute Gasteiger partial charge is 0.416 e. The third-order valence-electron chi connectivity index (χ3n) is 10.4. The molecule has 1 nitrogen and oxygen atoms in total. The number of benzene rings is 7. The predicted molar refractivity (Wildman–Crippen MR) is 222 cm³/mol. The second kappa shape index (κ2) is 15.7. The van der Waals surface area contributed by atoms with Crippen molar-refractivity contribution in [3.63, 3.8) is 0 Å². The van der Waals surface area contributed by atoms with Gasteiger partial charge in [0.2, 0.25) is 0 Å². The maximum absolute atomic E-state index is 13.5. The summed E-state index contributed by atoms with van der Waals surface area (Å²) >= 11 is 0. The van der Waals surface area contributed by atoms with Crippen LogP contribution in [0.25, 0.3) is 32.7 Å². The van der Waals surface area contributed by atoms with Crippen LogP contribution < -0.4 is 0 Å². The average Bonchev–Trinajstić information content (AvgIpc) is 3.20. The van der Waals surface area contributed by atoms with Gasteiger partial charge in [-0.15, -0.1) is 0 Å². The lowest BCUT2D eigenvalue weighted by molar-refractivity contribution is -0.138. The molecule has 0 aliphatic rings. The molecule has 0 spiro atoms. The normalized spacial score (nSPS) is 13.3. The van der Waals surface area contributed by atoms with Gasteiger partial charge in [0, 0.05) is 7.05 Å². The molecule has 1 atom stereocenters. The van der Waals surface area contributed by atoms with Gasteiger partial charge in [0.15, 0.2) is 0 Å². The maximum atomic E-state index is 13.5. The van der Waals surface area contributed by atoms with Crippen molar-refractivity contribution < 1.29 is 26.3 Å². The molecule has 0 aliphatic heterocycles. The zero-order valence-corrected chi connectivity index (χ0v) is 31.6. The van der Waals surface area contributed by atoms with Gasteiger partial charge in [0.05, 0.1) is 22.8 Å². The van der Waals surface area contributed by atoms with Crippen LogP contribution in [0.1, 0.15) is 61.6 Å². The summed E-state index contributed by atoms with van der Waals surface area (Å²) in [5.74, 6) is -0.526. The SMILES string of the molecule is C=C(c1ccc2cc(C(F)(F)F)ccc2c1)C(C(=NC)c1ccc2cc(C(F)(F)F)ccc2c1)c1ccc(/C(=C\Cc2ccc(C)cc2)c2ccc(C)cc2)cc1. The number of fused-ring (bicyclic) bond motifs is 2. The van der Waals surface area contributed by atoms with Gasteiger partial charge in [-0.1, -0.05) is 133 Å². The average molecular weight is 768 g/mol. The van der Waals surface area contributed by atoms with E-state index in [2.05, 4.69) is 87.2 Å². The standard InChI is InChI=1S/C50H39F6N/c1-31-5-9-34(10-6-31)11-26-46(35-12-7-32(2)8-13-35)36-14-16-37(17-15-36)47(33(3)38-18-19-41-29-44(49(51,52)53)24-22-39(41)27-38)48(57-4)43-21-20-42-30-45(50(54,55)56)25-23-40(42)28-43/h5-10,12-30,47H,3,11H2,1-2,4H3/b46-26-,57-48?. The number of aryl methyl sites for hydroxylation is 2. The summed E-state index contributed by atoms with van der Waals surface area (Å²) in [6, 6.07) is 43.0. The van der Waals surface area contributed by atoms with Gasteiger partial charge in [-0.2, -0.15) is 26.3 Å². The quantitative estimate of drug-likeness (QED) is 0.102. The van der Waals surface area contributed by atoms with Crippen LogP contribution in [0.2, 0.25) is 0 Å². The first kappa shape index (κ1) is 39.0. The zero-order chi connectivity index (χ0) is 40.5. The summed E-state index contributed by atoms with van der Waals surface area (Å²) in [6.07, 6.45) is -5.97. The molecule has 0 saturated carbocycles. The highest BCUT2D eigenvalue weighted by Gasteiger charge is 2.32. The van der Waals surface area contributed by atoms with Crippen molar-refractivity contribution in [3.05, 3.63) is 214 Å². The number of allylic oxidation sites excluding steroid dienone is 2. The fraction of sp³-hybridized carbons (Fsp3) is 0.140. The Bertz CT molecular complexity index is 2640. The lowest BCUT2D eigenvalue weighted by Crippen LogP contribution is -2.16. The Morgan fingerprint density at radius 3 is 1.47 bits per heavy atom. The van der Waals surface area contributed by atoms with Gasteiger partial charge >= 0.3 is 12.4 Å². The molecule has 7 aromatic rings. The zero-order valence-electron chi connectivity index (χ0n) is 31.6. The van der Waals surface area contributed by atoms with E-state index < -0.39 is 29.4 Å². The van der Waals surface area contributed by atoms with Crippen molar-refractivity contribution in [2.24, 2.45) is 4.99 Å². The first-order valence-corrected chi connectivity index (χ1v) is 18.5. The third-order valence-corrected chi connectivity index (χ3v) is 10.4. The molecule has 7 heteroatoms. The molecular formula is C50H39F6N. The fourth-order valence-electron chi connectivity index (χ4n) is 7.25. The van der Waals surface area contributed by atoms with Gasteiger partial charge in [-0.25, -0.2) is 0 Å². The number of aliphatic imine (C=N–C) groups is 1. The van der Waals surface area contributed by atoms with Crippen LogP contribution in [-0.2, 0) is 18.8 Å². The molecule has 0 saturated heterocycles. The van der Waals surface area contributed by atoms with Gasteiger partial charge in [0.25, 0.3) is 0 Å². The Balaban J connectivity index is 1.32. The molecule has 0 N–H and O–H groups in total. The monoisotopic (exact) mass is 767 g/mol. The van der Waals surface area contributed by atoms with E-state index in [9.17, 15) is 26.3 Å². The molecule has 7 aromatic carbocycles. The lowest BCUT2D eigenvalue weighted by atomic mass is 9.80. The highest BCUT2D eigenvalue weighted by Crippen LogP contribution is 2.39. The second-order valence-electron chi connectivity index (χ2n) is 14.4. The van der Waals surface area contributed by atoms with E-state index in [0.29, 0.717) is 44.0 Å². The minimum Gasteiger partial charge on any atom is -0.291 e. The highest BCUT2D eigenvalue weighted by atomic mass is 19.4. The van der Waals surface area contributed by atoms with Gasteiger partial charge in [0.1, 0.15) is 0 Å². The van der Waals surface area contributed by atoms with Crippen LogP contribution in [0.5, 0.6) is 0 Å². The molecule has 1 unspecified atom stereocenters. The van der Waals surface area contributed by atoms with Crippen LogP contribution in [0, 0.1) is 13.8 Å². The van der Waals surface area contributed by atoms with Crippen LogP contribution in [0.4, 0.5) is 26.3 Å². The molecule has 0 fully saturated rings. The van der Waals surface area contributed by atoms with Gasteiger partial charge in [-0.05, 0) is 123 Å². The third kappa shape index (κ3) is 8.63. The minimum atomic E-state index is -4.47. The fourth-order valence-corrected chi connectivity index (χ4v) is 7.25. The van der Waals surface area contributed by atoms with Crippen LogP contribution in [0.3, 0.4) is 0 Å². The molecule has 286 valence electrons. The lowest BCUT2D eigenvalue weighted by Gasteiger charge is -2.24. The van der Waals surface area contributed by atoms with Crippen LogP contribution in [-0.4, -0.2) is 12.8 Å². The molecule has 0 amide bonds. The van der Waals surface area contributed by atoms with E-state index in [1.807, 2.05) is 24.3 Å². The molecule has 7 rings (SSSR count). The molecule has 0 aliphatic carbocycles. The molecular weight excluding hydrogens is 729 g/mol. The number of rotatable bonds is 9. The van der Waals surface area contributed by atoms with E-state index in [1.54, 1.807) is 31.3 Å². The van der Waals surface area contributed by atoms with Gasteiger partial charge < -0.3 is 0 Å².